The molecule has 1 aromatic rings. The van der Waals surface area contributed by atoms with Crippen molar-refractivity contribution in [1.82, 2.24) is 10.6 Å². The van der Waals surface area contributed by atoms with Crippen molar-refractivity contribution in [2.24, 2.45) is 4.99 Å². The van der Waals surface area contributed by atoms with Gasteiger partial charge in [-0.25, -0.2) is 0 Å². The van der Waals surface area contributed by atoms with Gasteiger partial charge in [0.1, 0.15) is 0 Å². The molecule has 1 aliphatic rings. The Morgan fingerprint density at radius 2 is 2.00 bits per heavy atom. The molecule has 132 valence electrons. The Morgan fingerprint density at radius 1 is 1.17 bits per heavy atom. The topological polar surface area (TPSA) is 45.6 Å². The summed E-state index contributed by atoms with van der Waals surface area (Å²) >= 11 is 0. The first-order chi connectivity index (χ1) is 11.8. The van der Waals surface area contributed by atoms with Crippen LogP contribution in [0.5, 0.6) is 0 Å². The fourth-order valence-electron chi connectivity index (χ4n) is 2.96. The quantitative estimate of drug-likeness (QED) is 0.433. The Kier molecular flexibility index (Phi) is 8.39. The zero-order valence-corrected chi connectivity index (χ0v) is 15.1. The first-order valence-corrected chi connectivity index (χ1v) is 9.10. The van der Waals surface area contributed by atoms with Crippen molar-refractivity contribution in [3.8, 4) is 0 Å². The van der Waals surface area contributed by atoms with Crippen LogP contribution in [0.4, 0.5) is 0 Å². The largest absolute Gasteiger partial charge is 0.377 e. The molecule has 0 aromatic heterocycles. The number of hydrogen-bond acceptors (Lipinski definition) is 2. The van der Waals surface area contributed by atoms with Gasteiger partial charge in [0.05, 0.1) is 6.61 Å². The third kappa shape index (κ3) is 6.36. The van der Waals surface area contributed by atoms with E-state index in [1.165, 1.54) is 36.8 Å². The van der Waals surface area contributed by atoms with Crippen LogP contribution >= 0.6 is 0 Å². The van der Waals surface area contributed by atoms with Gasteiger partial charge >= 0.3 is 0 Å². The molecule has 24 heavy (non-hydrogen) atoms. The molecule has 0 saturated carbocycles. The fraction of sp³-hybridized carbons (Fsp3) is 0.550. The lowest BCUT2D eigenvalue weighted by molar-refractivity contribution is 0.133. The van der Waals surface area contributed by atoms with Gasteiger partial charge in [-0.15, -0.1) is 0 Å². The van der Waals surface area contributed by atoms with Crippen molar-refractivity contribution in [3.05, 3.63) is 47.0 Å². The predicted octanol–water partition coefficient (Wildman–Crippen LogP) is 3.78. The van der Waals surface area contributed by atoms with Gasteiger partial charge in [0, 0.05) is 26.7 Å². The van der Waals surface area contributed by atoms with Crippen molar-refractivity contribution >= 4 is 5.96 Å². The predicted molar refractivity (Wildman–Crippen MR) is 101 cm³/mol. The van der Waals surface area contributed by atoms with Gasteiger partial charge in [0.15, 0.2) is 5.96 Å². The standard InChI is InChI=1S/C20H31N3O/c1-3-24-16-19-12-8-7-11-18(19)15-23-20(21-2)22-14-13-17-9-5-4-6-10-17/h7-9,11-12H,3-6,10,13-16H2,1-2H3,(H2,21,22,23). The number of aliphatic imine (C=N–C) groups is 1. The first kappa shape index (κ1) is 18.5. The van der Waals surface area contributed by atoms with Gasteiger partial charge in [0.2, 0.25) is 0 Å². The smallest absolute Gasteiger partial charge is 0.191 e. The Labute approximate surface area is 146 Å². The maximum atomic E-state index is 5.55. The Hall–Kier alpha value is -1.81. The highest BCUT2D eigenvalue weighted by Gasteiger charge is 2.05. The number of hydrogen-bond donors (Lipinski definition) is 2. The Morgan fingerprint density at radius 3 is 2.71 bits per heavy atom. The molecule has 4 nitrogen and oxygen atoms in total. The number of nitrogens with one attached hydrogen (secondary N) is 2. The Bertz CT molecular complexity index is 552. The maximum absolute atomic E-state index is 5.55. The highest BCUT2D eigenvalue weighted by molar-refractivity contribution is 5.79. The minimum atomic E-state index is 0.661. The Balaban J connectivity index is 1.78. The molecule has 0 unspecified atom stereocenters. The summed E-state index contributed by atoms with van der Waals surface area (Å²) in [5.41, 5.74) is 4.07. The van der Waals surface area contributed by atoms with Crippen LogP contribution in [-0.4, -0.2) is 26.2 Å². The summed E-state index contributed by atoms with van der Waals surface area (Å²) in [5.74, 6) is 0.859. The molecule has 1 aromatic carbocycles. The molecule has 0 bridgehead atoms. The molecule has 0 heterocycles. The van der Waals surface area contributed by atoms with Crippen molar-refractivity contribution in [2.75, 3.05) is 20.2 Å². The monoisotopic (exact) mass is 329 g/mol. The summed E-state index contributed by atoms with van der Waals surface area (Å²) < 4.78 is 5.55. The number of benzene rings is 1. The van der Waals surface area contributed by atoms with Crippen LogP contribution in [0.3, 0.4) is 0 Å². The average Bonchev–Trinajstić information content (AvgIpc) is 2.64. The van der Waals surface area contributed by atoms with Gasteiger partial charge < -0.3 is 15.4 Å². The van der Waals surface area contributed by atoms with Crippen LogP contribution in [0.2, 0.25) is 0 Å². The van der Waals surface area contributed by atoms with E-state index in [0.717, 1.165) is 32.1 Å². The number of rotatable bonds is 8. The van der Waals surface area contributed by atoms with Crippen LogP contribution in [-0.2, 0) is 17.9 Å². The molecule has 1 aliphatic carbocycles. The minimum absolute atomic E-state index is 0.661. The molecule has 0 amide bonds. The van der Waals surface area contributed by atoms with E-state index in [4.69, 9.17) is 4.74 Å². The van der Waals surface area contributed by atoms with Crippen molar-refractivity contribution < 1.29 is 4.74 Å². The zero-order chi connectivity index (χ0) is 17.0. The highest BCUT2D eigenvalue weighted by atomic mass is 16.5. The van der Waals surface area contributed by atoms with Gasteiger partial charge in [-0.1, -0.05) is 35.9 Å². The summed E-state index contributed by atoms with van der Waals surface area (Å²) in [6.07, 6.45) is 8.72. The summed E-state index contributed by atoms with van der Waals surface area (Å²) in [4.78, 5) is 4.32. The molecule has 0 fully saturated rings. The highest BCUT2D eigenvalue weighted by Crippen LogP contribution is 2.19. The van der Waals surface area contributed by atoms with Crippen LogP contribution in [0.15, 0.2) is 40.9 Å². The average molecular weight is 329 g/mol. The van der Waals surface area contributed by atoms with Crippen LogP contribution < -0.4 is 10.6 Å². The molecule has 4 heteroatoms. The maximum Gasteiger partial charge on any atom is 0.191 e. The molecule has 0 saturated heterocycles. The van der Waals surface area contributed by atoms with Crippen LogP contribution in [0.1, 0.15) is 50.2 Å². The van der Waals surface area contributed by atoms with E-state index < -0.39 is 0 Å². The molecule has 0 radical (unpaired) electrons. The van der Waals surface area contributed by atoms with Crippen LogP contribution in [0, 0.1) is 0 Å². The fourth-order valence-corrected chi connectivity index (χ4v) is 2.96. The van der Waals surface area contributed by atoms with E-state index >= 15 is 0 Å². The molecular weight excluding hydrogens is 298 g/mol. The van der Waals surface area contributed by atoms with Crippen molar-refractivity contribution in [3.63, 3.8) is 0 Å². The third-order valence-corrected chi connectivity index (χ3v) is 4.37. The molecule has 2 rings (SSSR count). The number of allylic oxidation sites excluding steroid dienone is 1. The molecule has 2 N–H and O–H groups in total. The molecule has 0 spiro atoms. The van der Waals surface area contributed by atoms with Gasteiger partial charge in [-0.2, -0.15) is 0 Å². The third-order valence-electron chi connectivity index (χ3n) is 4.37. The summed E-state index contributed by atoms with van der Waals surface area (Å²) in [6, 6.07) is 8.39. The van der Waals surface area contributed by atoms with E-state index in [2.05, 4.69) is 46.0 Å². The van der Waals surface area contributed by atoms with E-state index in [-0.39, 0.29) is 0 Å². The summed E-state index contributed by atoms with van der Waals surface area (Å²) in [7, 11) is 1.82. The summed E-state index contributed by atoms with van der Waals surface area (Å²) in [6.45, 7) is 5.11. The van der Waals surface area contributed by atoms with Crippen molar-refractivity contribution in [2.45, 2.75) is 52.2 Å². The second kappa shape index (κ2) is 10.9. The normalized spacial score (nSPS) is 15.1. The van der Waals surface area contributed by atoms with Gasteiger partial charge in [-0.05, 0) is 50.2 Å². The number of ether oxygens (including phenoxy) is 1. The number of nitrogens with zero attached hydrogens (tertiary/aromatic N) is 1. The lowest BCUT2D eigenvalue weighted by Crippen LogP contribution is -2.37. The van der Waals surface area contributed by atoms with Gasteiger partial charge in [0.25, 0.3) is 0 Å². The zero-order valence-electron chi connectivity index (χ0n) is 15.1. The second-order valence-corrected chi connectivity index (χ2v) is 6.12. The van der Waals surface area contributed by atoms with E-state index in [1.54, 1.807) is 5.57 Å². The lowest BCUT2D eigenvalue weighted by atomic mass is 9.97. The second-order valence-electron chi connectivity index (χ2n) is 6.12. The molecular formula is C20H31N3O. The van der Waals surface area contributed by atoms with E-state index in [0.29, 0.717) is 6.61 Å². The lowest BCUT2D eigenvalue weighted by Gasteiger charge is -2.16. The molecule has 0 atom stereocenters. The van der Waals surface area contributed by atoms with E-state index in [9.17, 15) is 0 Å². The van der Waals surface area contributed by atoms with Gasteiger partial charge in [-0.3, -0.25) is 4.99 Å². The first-order valence-electron chi connectivity index (χ1n) is 9.10. The summed E-state index contributed by atoms with van der Waals surface area (Å²) in [5, 5.41) is 6.82. The molecule has 0 aliphatic heterocycles. The SMILES string of the molecule is CCOCc1ccccc1CNC(=NC)NCCC1=CCCCC1. The minimum Gasteiger partial charge on any atom is -0.377 e. The van der Waals surface area contributed by atoms with Crippen molar-refractivity contribution in [1.29, 1.82) is 0 Å². The van der Waals surface area contributed by atoms with E-state index in [1.807, 2.05) is 14.0 Å². The number of guanidine groups is 1. The van der Waals surface area contributed by atoms with Crippen LogP contribution in [0.25, 0.3) is 0 Å².